The number of carbonyl (C=O) groups is 1. The van der Waals surface area contributed by atoms with E-state index in [1.807, 2.05) is 4.83 Å². The van der Waals surface area contributed by atoms with Crippen molar-refractivity contribution in [2.45, 2.75) is 11.8 Å². The number of amides is 1. The number of hydrogen-bond donors (Lipinski definition) is 2. The van der Waals surface area contributed by atoms with E-state index in [1.54, 1.807) is 25.1 Å². The normalized spacial score (nSPS) is 13.1. The highest BCUT2D eigenvalue weighted by molar-refractivity contribution is 7.89. The number of sulfonamides is 1. The highest BCUT2D eigenvalue weighted by Gasteiger charge is 2.20. The number of carbonyl (C=O) groups excluding carboxylic acids is 1. The van der Waals surface area contributed by atoms with Gasteiger partial charge in [-0.1, -0.05) is 11.6 Å². The monoisotopic (exact) mass is 412 g/mol. The molecule has 0 aromatic heterocycles. The van der Waals surface area contributed by atoms with Crippen LogP contribution in [0.2, 0.25) is 5.02 Å². The van der Waals surface area contributed by atoms with Crippen LogP contribution in [0.5, 0.6) is 17.2 Å². The minimum Gasteiger partial charge on any atom is -0.486 e. The van der Waals surface area contributed by atoms with E-state index in [-0.39, 0.29) is 11.5 Å². The summed E-state index contributed by atoms with van der Waals surface area (Å²) in [5.41, 5.74) is 2.90. The summed E-state index contributed by atoms with van der Waals surface area (Å²) in [4.78, 5) is 13.8. The zero-order valence-corrected chi connectivity index (χ0v) is 15.9. The molecule has 1 aliphatic heterocycles. The predicted octanol–water partition coefficient (Wildman–Crippen LogP) is 1.81. The third-order valence-corrected chi connectivity index (χ3v) is 5.32. The number of aryl methyl sites for hydroxylation is 1. The lowest BCUT2D eigenvalue weighted by molar-refractivity contribution is -0.123. The molecule has 10 heteroatoms. The van der Waals surface area contributed by atoms with Crippen LogP contribution in [0.15, 0.2) is 41.3 Å². The van der Waals surface area contributed by atoms with Crippen molar-refractivity contribution >= 4 is 27.5 Å². The van der Waals surface area contributed by atoms with Gasteiger partial charge in [-0.2, -0.15) is 0 Å². The molecular formula is C17H17ClN2O6S. The maximum atomic E-state index is 12.3. The topological polar surface area (TPSA) is 103 Å². The fraction of sp³-hybridized carbons (Fsp3) is 0.235. The molecule has 1 aliphatic rings. The summed E-state index contributed by atoms with van der Waals surface area (Å²) in [6, 6.07) is 9.12. The zero-order valence-electron chi connectivity index (χ0n) is 14.3. The van der Waals surface area contributed by atoms with Crippen molar-refractivity contribution in [3.63, 3.8) is 0 Å². The van der Waals surface area contributed by atoms with E-state index in [1.165, 1.54) is 18.2 Å². The molecule has 8 nitrogen and oxygen atoms in total. The second-order valence-corrected chi connectivity index (χ2v) is 7.75. The largest absolute Gasteiger partial charge is 0.486 e. The van der Waals surface area contributed by atoms with Crippen LogP contribution >= 0.6 is 11.6 Å². The van der Waals surface area contributed by atoms with Crippen molar-refractivity contribution in [3.8, 4) is 17.2 Å². The zero-order chi connectivity index (χ0) is 19.4. The van der Waals surface area contributed by atoms with E-state index in [0.29, 0.717) is 35.5 Å². The standard InChI is InChI=1S/C17H17ClN2O6S/c1-11-8-12(2-4-14(11)18)26-10-17(21)19-20-27(22,23)13-3-5-15-16(9-13)25-7-6-24-15/h2-5,8-9,20H,6-7,10H2,1H3,(H,19,21). The van der Waals surface area contributed by atoms with Gasteiger partial charge >= 0.3 is 0 Å². The molecule has 1 amide bonds. The van der Waals surface area contributed by atoms with Crippen molar-refractivity contribution < 1.29 is 27.4 Å². The number of fused-ring (bicyclic) bond motifs is 1. The molecule has 0 bridgehead atoms. The van der Waals surface area contributed by atoms with Gasteiger partial charge in [-0.3, -0.25) is 10.2 Å². The van der Waals surface area contributed by atoms with Crippen molar-refractivity contribution in [2.24, 2.45) is 0 Å². The Balaban J connectivity index is 1.56. The Hall–Kier alpha value is -2.49. The van der Waals surface area contributed by atoms with E-state index in [2.05, 4.69) is 5.43 Å². The molecule has 2 N–H and O–H groups in total. The lowest BCUT2D eigenvalue weighted by Gasteiger charge is -2.19. The van der Waals surface area contributed by atoms with Gasteiger partial charge in [0.05, 0.1) is 4.90 Å². The number of nitrogens with one attached hydrogen (secondary N) is 2. The summed E-state index contributed by atoms with van der Waals surface area (Å²) in [7, 11) is -3.97. The van der Waals surface area contributed by atoms with Crippen LogP contribution in [-0.4, -0.2) is 34.1 Å². The minimum absolute atomic E-state index is 0.0682. The Morgan fingerprint density at radius 3 is 2.63 bits per heavy atom. The molecule has 0 radical (unpaired) electrons. The van der Waals surface area contributed by atoms with Crippen LogP contribution in [-0.2, 0) is 14.8 Å². The second-order valence-electron chi connectivity index (χ2n) is 5.66. The summed E-state index contributed by atoms with van der Waals surface area (Å²) in [6.07, 6.45) is 0. The molecule has 0 saturated heterocycles. The molecule has 2 aromatic rings. The Morgan fingerprint density at radius 1 is 1.15 bits per heavy atom. The number of ether oxygens (including phenoxy) is 3. The van der Waals surface area contributed by atoms with Gasteiger partial charge < -0.3 is 14.2 Å². The van der Waals surface area contributed by atoms with Gasteiger partial charge in [0.2, 0.25) is 0 Å². The fourth-order valence-corrected chi connectivity index (χ4v) is 3.26. The van der Waals surface area contributed by atoms with Gasteiger partial charge in [0.15, 0.2) is 18.1 Å². The first kappa shape index (κ1) is 19.3. The summed E-state index contributed by atoms with van der Waals surface area (Å²) in [5, 5.41) is 0.582. The number of hydrazine groups is 1. The molecule has 0 saturated carbocycles. The molecule has 0 atom stereocenters. The first-order valence-electron chi connectivity index (χ1n) is 7.94. The second kappa shape index (κ2) is 8.03. The van der Waals surface area contributed by atoms with Gasteiger partial charge in [-0.25, -0.2) is 8.42 Å². The molecule has 0 spiro atoms. The van der Waals surface area contributed by atoms with Crippen molar-refractivity contribution in [1.29, 1.82) is 0 Å². The van der Waals surface area contributed by atoms with Crippen molar-refractivity contribution in [3.05, 3.63) is 47.0 Å². The first-order chi connectivity index (χ1) is 12.8. The van der Waals surface area contributed by atoms with Gasteiger partial charge in [-0.05, 0) is 42.8 Å². The van der Waals surface area contributed by atoms with Crippen LogP contribution in [0.1, 0.15) is 5.56 Å². The average Bonchev–Trinajstić information content (AvgIpc) is 2.67. The quantitative estimate of drug-likeness (QED) is 0.701. The van der Waals surface area contributed by atoms with E-state index in [9.17, 15) is 13.2 Å². The highest BCUT2D eigenvalue weighted by Crippen LogP contribution is 2.32. The summed E-state index contributed by atoms with van der Waals surface area (Å²) < 4.78 is 40.6. The number of hydrogen-bond acceptors (Lipinski definition) is 6. The predicted molar refractivity (Wildman–Crippen MR) is 97.6 cm³/mol. The highest BCUT2D eigenvalue weighted by atomic mass is 35.5. The summed E-state index contributed by atoms with van der Waals surface area (Å²) in [6.45, 7) is 2.17. The molecule has 1 heterocycles. The third-order valence-electron chi connectivity index (χ3n) is 3.65. The van der Waals surface area contributed by atoms with Crippen molar-refractivity contribution in [1.82, 2.24) is 10.3 Å². The molecule has 0 unspecified atom stereocenters. The molecule has 144 valence electrons. The van der Waals surface area contributed by atoms with E-state index >= 15 is 0 Å². The Morgan fingerprint density at radius 2 is 1.89 bits per heavy atom. The summed E-state index contributed by atoms with van der Waals surface area (Å²) in [5.74, 6) is 0.582. The van der Waals surface area contributed by atoms with Crippen LogP contribution in [0.25, 0.3) is 0 Å². The Kier molecular flexibility index (Phi) is 5.73. The SMILES string of the molecule is Cc1cc(OCC(=O)NNS(=O)(=O)c2ccc3c(c2)OCCO3)ccc1Cl. The number of halogens is 1. The third kappa shape index (κ3) is 4.82. The van der Waals surface area contributed by atoms with Gasteiger partial charge in [-0.15, -0.1) is 4.83 Å². The Bertz CT molecular complexity index is 964. The fourth-order valence-electron chi connectivity index (χ4n) is 2.27. The molecule has 0 fully saturated rings. The Labute approximate surface area is 161 Å². The van der Waals surface area contributed by atoms with E-state index in [0.717, 1.165) is 5.56 Å². The van der Waals surface area contributed by atoms with Crippen molar-refractivity contribution in [2.75, 3.05) is 19.8 Å². The lowest BCUT2D eigenvalue weighted by atomic mass is 10.2. The van der Waals surface area contributed by atoms with Gasteiger partial charge in [0.1, 0.15) is 19.0 Å². The smallest absolute Gasteiger partial charge is 0.272 e. The summed E-state index contributed by atoms with van der Waals surface area (Å²) >= 11 is 5.92. The average molecular weight is 413 g/mol. The first-order valence-corrected chi connectivity index (χ1v) is 9.80. The molecule has 27 heavy (non-hydrogen) atoms. The number of rotatable bonds is 6. The maximum Gasteiger partial charge on any atom is 0.272 e. The minimum atomic E-state index is -3.97. The molecule has 3 rings (SSSR count). The van der Waals surface area contributed by atoms with E-state index < -0.39 is 15.9 Å². The molecule has 0 aliphatic carbocycles. The lowest BCUT2D eigenvalue weighted by Crippen LogP contribution is -2.43. The van der Waals surface area contributed by atoms with Gasteiger partial charge in [0.25, 0.3) is 15.9 Å². The van der Waals surface area contributed by atoms with Crippen LogP contribution < -0.4 is 24.5 Å². The van der Waals surface area contributed by atoms with E-state index in [4.69, 9.17) is 25.8 Å². The van der Waals surface area contributed by atoms with Gasteiger partial charge in [0, 0.05) is 11.1 Å². The molecule has 2 aromatic carbocycles. The van der Waals surface area contributed by atoms with Crippen LogP contribution in [0, 0.1) is 6.92 Å². The molecular weight excluding hydrogens is 396 g/mol. The van der Waals surface area contributed by atoms with Crippen LogP contribution in [0.4, 0.5) is 0 Å². The number of benzene rings is 2. The maximum absolute atomic E-state index is 12.3. The van der Waals surface area contributed by atoms with Crippen LogP contribution in [0.3, 0.4) is 0 Å².